The molecular formula is C12H20N4O2. The van der Waals surface area contributed by atoms with E-state index in [0.717, 1.165) is 18.5 Å². The maximum Gasteiger partial charge on any atom is 0.239 e. The van der Waals surface area contributed by atoms with Gasteiger partial charge in [-0.1, -0.05) is 12.8 Å². The molecule has 1 amide bonds. The number of ether oxygens (including phenoxy) is 1. The molecule has 0 aliphatic heterocycles. The number of nitrogens with zero attached hydrogens (tertiary/aromatic N) is 2. The fraction of sp³-hybridized carbons (Fsp3) is 0.667. The predicted molar refractivity (Wildman–Crippen MR) is 68.1 cm³/mol. The zero-order valence-electron chi connectivity index (χ0n) is 10.6. The number of carbonyl (C=O) groups is 1. The van der Waals surface area contributed by atoms with Crippen LogP contribution in [0.5, 0.6) is 0 Å². The van der Waals surface area contributed by atoms with Gasteiger partial charge in [0.25, 0.3) is 0 Å². The van der Waals surface area contributed by atoms with Crippen molar-refractivity contribution in [2.75, 3.05) is 12.4 Å². The number of aromatic nitrogens is 2. The maximum atomic E-state index is 10.8. The fourth-order valence-electron chi connectivity index (χ4n) is 2.44. The van der Waals surface area contributed by atoms with Crippen LogP contribution in [0.4, 0.5) is 5.69 Å². The molecule has 1 aromatic rings. The summed E-state index contributed by atoms with van der Waals surface area (Å²) in [5, 5.41) is 7.50. The Bertz CT molecular complexity index is 405. The molecule has 2 unspecified atom stereocenters. The van der Waals surface area contributed by atoms with Crippen molar-refractivity contribution >= 4 is 11.6 Å². The molecule has 0 aromatic carbocycles. The lowest BCUT2D eigenvalue weighted by Gasteiger charge is -2.31. The van der Waals surface area contributed by atoms with E-state index in [1.165, 1.54) is 17.5 Å². The van der Waals surface area contributed by atoms with E-state index in [-0.39, 0.29) is 12.6 Å². The minimum Gasteiger partial charge on any atom is -0.379 e. The van der Waals surface area contributed by atoms with E-state index in [1.807, 2.05) is 0 Å². The number of amides is 1. The highest BCUT2D eigenvalue weighted by Gasteiger charge is 2.24. The van der Waals surface area contributed by atoms with Crippen LogP contribution in [-0.2, 0) is 16.1 Å². The lowest BCUT2D eigenvalue weighted by Crippen LogP contribution is -2.37. The monoisotopic (exact) mass is 252 g/mol. The van der Waals surface area contributed by atoms with Crippen molar-refractivity contribution in [1.82, 2.24) is 9.78 Å². The summed E-state index contributed by atoms with van der Waals surface area (Å²) >= 11 is 0. The number of hydrogen-bond acceptors (Lipinski definition) is 4. The molecule has 1 heterocycles. The molecule has 0 bridgehead atoms. The van der Waals surface area contributed by atoms with Crippen LogP contribution in [0, 0.1) is 0 Å². The van der Waals surface area contributed by atoms with Crippen molar-refractivity contribution in [3.8, 4) is 0 Å². The minimum atomic E-state index is -0.392. The Labute approximate surface area is 106 Å². The quantitative estimate of drug-likeness (QED) is 0.809. The van der Waals surface area contributed by atoms with Gasteiger partial charge in [0, 0.05) is 13.3 Å². The summed E-state index contributed by atoms with van der Waals surface area (Å²) in [6.45, 7) is 0.111. The molecule has 0 radical (unpaired) electrons. The van der Waals surface area contributed by atoms with Gasteiger partial charge in [0.15, 0.2) is 0 Å². The Balaban J connectivity index is 1.95. The van der Waals surface area contributed by atoms with E-state index in [4.69, 9.17) is 10.5 Å². The largest absolute Gasteiger partial charge is 0.379 e. The fourth-order valence-corrected chi connectivity index (χ4v) is 2.44. The second-order valence-electron chi connectivity index (χ2n) is 4.70. The summed E-state index contributed by atoms with van der Waals surface area (Å²) in [5.74, 6) is -0.392. The van der Waals surface area contributed by atoms with Crippen LogP contribution in [0.1, 0.15) is 25.7 Å². The lowest BCUT2D eigenvalue weighted by atomic mass is 9.92. The van der Waals surface area contributed by atoms with Crippen molar-refractivity contribution in [2.45, 2.75) is 44.4 Å². The van der Waals surface area contributed by atoms with Gasteiger partial charge in [-0.3, -0.25) is 9.48 Å². The van der Waals surface area contributed by atoms with Crippen molar-refractivity contribution in [1.29, 1.82) is 0 Å². The smallest absolute Gasteiger partial charge is 0.239 e. The van der Waals surface area contributed by atoms with E-state index < -0.39 is 5.91 Å². The van der Waals surface area contributed by atoms with E-state index in [9.17, 15) is 4.79 Å². The Hall–Kier alpha value is -1.56. The number of carbonyl (C=O) groups excluding carboxylic acids is 1. The minimum absolute atomic E-state index is 0.111. The molecule has 3 N–H and O–H groups in total. The van der Waals surface area contributed by atoms with Crippen LogP contribution < -0.4 is 11.1 Å². The summed E-state index contributed by atoms with van der Waals surface area (Å²) in [7, 11) is 1.75. The Morgan fingerprint density at radius 3 is 3.11 bits per heavy atom. The number of nitrogens with two attached hydrogens (primary N) is 1. The van der Waals surface area contributed by atoms with Gasteiger partial charge < -0.3 is 15.8 Å². The zero-order chi connectivity index (χ0) is 13.0. The molecule has 0 saturated heterocycles. The summed E-state index contributed by atoms with van der Waals surface area (Å²) in [6.07, 6.45) is 8.38. The molecular weight excluding hydrogens is 232 g/mol. The van der Waals surface area contributed by atoms with Crippen LogP contribution in [0.2, 0.25) is 0 Å². The topological polar surface area (TPSA) is 82.2 Å². The van der Waals surface area contributed by atoms with E-state index in [1.54, 1.807) is 19.5 Å². The maximum absolute atomic E-state index is 10.8. The summed E-state index contributed by atoms with van der Waals surface area (Å²) < 4.78 is 7.02. The highest BCUT2D eigenvalue weighted by molar-refractivity contribution is 5.73. The Kier molecular flexibility index (Phi) is 4.19. The van der Waals surface area contributed by atoms with Crippen molar-refractivity contribution in [3.63, 3.8) is 0 Å². The van der Waals surface area contributed by atoms with Crippen LogP contribution in [0.15, 0.2) is 12.4 Å². The van der Waals surface area contributed by atoms with Gasteiger partial charge in [-0.15, -0.1) is 0 Å². The second kappa shape index (κ2) is 5.86. The van der Waals surface area contributed by atoms with E-state index >= 15 is 0 Å². The number of hydrogen-bond donors (Lipinski definition) is 2. The highest BCUT2D eigenvalue weighted by Crippen LogP contribution is 2.23. The van der Waals surface area contributed by atoms with Crippen LogP contribution >= 0.6 is 0 Å². The van der Waals surface area contributed by atoms with E-state index in [0.29, 0.717) is 6.04 Å². The molecule has 1 aliphatic carbocycles. The first kappa shape index (κ1) is 12.9. The van der Waals surface area contributed by atoms with Crippen LogP contribution in [-0.4, -0.2) is 34.9 Å². The molecule has 6 heteroatoms. The predicted octanol–water partition coefficient (Wildman–Crippen LogP) is 0.738. The second-order valence-corrected chi connectivity index (χ2v) is 4.70. The van der Waals surface area contributed by atoms with Gasteiger partial charge >= 0.3 is 0 Å². The van der Waals surface area contributed by atoms with Gasteiger partial charge in [-0.2, -0.15) is 5.10 Å². The molecule has 2 rings (SSSR count). The molecule has 1 aliphatic rings. The number of anilines is 1. The summed E-state index contributed by atoms with van der Waals surface area (Å²) in [6, 6.07) is 0.315. The number of rotatable bonds is 5. The van der Waals surface area contributed by atoms with Gasteiger partial charge in [-0.05, 0) is 12.8 Å². The molecule has 1 saturated carbocycles. The number of primary amides is 1. The van der Waals surface area contributed by atoms with Crippen LogP contribution in [0.3, 0.4) is 0 Å². The molecule has 1 fully saturated rings. The third-order valence-corrected chi connectivity index (χ3v) is 3.31. The number of nitrogens with one attached hydrogen (secondary N) is 1. The Morgan fingerprint density at radius 1 is 1.61 bits per heavy atom. The van der Waals surface area contributed by atoms with Crippen molar-refractivity contribution in [2.24, 2.45) is 5.73 Å². The average molecular weight is 252 g/mol. The Morgan fingerprint density at radius 2 is 2.39 bits per heavy atom. The summed E-state index contributed by atoms with van der Waals surface area (Å²) in [4.78, 5) is 10.8. The average Bonchev–Trinajstić information content (AvgIpc) is 2.76. The first-order chi connectivity index (χ1) is 8.69. The van der Waals surface area contributed by atoms with Gasteiger partial charge in [0.05, 0.1) is 24.0 Å². The normalized spacial score (nSPS) is 23.8. The van der Waals surface area contributed by atoms with Crippen LogP contribution in [0.25, 0.3) is 0 Å². The molecule has 0 spiro atoms. The van der Waals surface area contributed by atoms with Gasteiger partial charge in [-0.25, -0.2) is 0 Å². The van der Waals surface area contributed by atoms with Gasteiger partial charge in [0.1, 0.15) is 6.54 Å². The highest BCUT2D eigenvalue weighted by atomic mass is 16.5. The third kappa shape index (κ3) is 3.22. The molecule has 18 heavy (non-hydrogen) atoms. The molecule has 100 valence electrons. The molecule has 1 aromatic heterocycles. The first-order valence-corrected chi connectivity index (χ1v) is 6.29. The van der Waals surface area contributed by atoms with Gasteiger partial charge in [0.2, 0.25) is 5.91 Å². The van der Waals surface area contributed by atoms with Crippen molar-refractivity contribution in [3.05, 3.63) is 12.4 Å². The summed E-state index contributed by atoms with van der Waals surface area (Å²) in [5.41, 5.74) is 6.03. The van der Waals surface area contributed by atoms with Crippen molar-refractivity contribution < 1.29 is 9.53 Å². The lowest BCUT2D eigenvalue weighted by molar-refractivity contribution is -0.118. The first-order valence-electron chi connectivity index (χ1n) is 6.29. The third-order valence-electron chi connectivity index (χ3n) is 3.31. The molecule has 2 atom stereocenters. The van der Waals surface area contributed by atoms with E-state index in [2.05, 4.69) is 10.4 Å². The zero-order valence-corrected chi connectivity index (χ0v) is 10.6. The number of methoxy groups -OCH3 is 1. The SMILES string of the molecule is COC1CCCCC1Nc1cnn(CC(N)=O)c1. The standard InChI is InChI=1S/C12H20N4O2/c1-18-11-5-3-2-4-10(11)15-9-6-14-16(7-9)8-12(13)17/h6-7,10-11,15H,2-5,8H2,1H3,(H2,13,17). The molecule has 6 nitrogen and oxygen atoms in total.